The number of hydrogen-bond acceptors (Lipinski definition) is 0. The average Bonchev–Trinajstić information content (AvgIpc) is 2.86. The molecule has 0 bridgehead atoms. The first-order valence-electron chi connectivity index (χ1n) is 6.59. The van der Waals surface area contributed by atoms with Crippen molar-refractivity contribution in [3.8, 4) is 22.3 Å². The highest BCUT2D eigenvalue weighted by molar-refractivity contribution is 5.80. The fraction of sp³-hybridized carbons (Fsp3) is 0.0526. The molecule has 0 saturated carbocycles. The van der Waals surface area contributed by atoms with E-state index in [9.17, 15) is 0 Å². The zero-order valence-electron chi connectivity index (χ0n) is 10.6. The van der Waals surface area contributed by atoms with Crippen LogP contribution < -0.4 is 0 Å². The van der Waals surface area contributed by atoms with Crippen LogP contribution in [0.25, 0.3) is 22.3 Å². The van der Waals surface area contributed by atoms with E-state index >= 15 is 0 Å². The Labute approximate surface area is 113 Å². The van der Waals surface area contributed by atoms with Gasteiger partial charge in [-0.25, -0.2) is 0 Å². The highest BCUT2D eigenvalue weighted by Gasteiger charge is 2.17. The summed E-state index contributed by atoms with van der Waals surface area (Å²) in [6, 6.07) is 26.8. The third-order valence-corrected chi connectivity index (χ3v) is 3.83. The lowest BCUT2D eigenvalue weighted by molar-refractivity contribution is 1.26. The van der Waals surface area contributed by atoms with Gasteiger partial charge < -0.3 is 0 Å². The first-order chi connectivity index (χ1) is 9.42. The van der Waals surface area contributed by atoms with Crippen LogP contribution in [0, 0.1) is 6.07 Å². The summed E-state index contributed by atoms with van der Waals surface area (Å²) in [7, 11) is 0. The summed E-state index contributed by atoms with van der Waals surface area (Å²) in [5, 5.41) is 0. The van der Waals surface area contributed by atoms with Gasteiger partial charge in [0.2, 0.25) is 0 Å². The topological polar surface area (TPSA) is 0 Å². The molecule has 0 aromatic heterocycles. The molecule has 0 amide bonds. The van der Waals surface area contributed by atoms with Gasteiger partial charge in [0.25, 0.3) is 0 Å². The fourth-order valence-electron chi connectivity index (χ4n) is 2.90. The van der Waals surface area contributed by atoms with Gasteiger partial charge in [-0.2, -0.15) is 0 Å². The van der Waals surface area contributed by atoms with Crippen molar-refractivity contribution < 1.29 is 0 Å². The maximum absolute atomic E-state index is 3.14. The van der Waals surface area contributed by atoms with Crippen molar-refractivity contribution >= 4 is 0 Å². The molecule has 0 fully saturated rings. The van der Waals surface area contributed by atoms with Gasteiger partial charge in [0.1, 0.15) is 0 Å². The molecule has 0 heteroatoms. The second-order valence-electron chi connectivity index (χ2n) is 5.00. The summed E-state index contributed by atoms with van der Waals surface area (Å²) in [5.41, 5.74) is 8.17. The van der Waals surface area contributed by atoms with Gasteiger partial charge in [-0.15, -0.1) is 0 Å². The monoisotopic (exact) mass is 241 g/mol. The molecule has 0 N–H and O–H groups in total. The molecule has 1 aliphatic rings. The number of fused-ring (bicyclic) bond motifs is 3. The Balaban J connectivity index is 1.84. The van der Waals surface area contributed by atoms with Crippen LogP contribution in [-0.4, -0.2) is 0 Å². The van der Waals surface area contributed by atoms with Gasteiger partial charge in [-0.05, 0) is 51.9 Å². The summed E-state index contributed by atoms with van der Waals surface area (Å²) in [4.78, 5) is 0. The standard InChI is InChI=1S/C19H13/c1-2-6-14(7-3-1)15-10-11-19-17(12-15)13-16-8-4-5-9-18(16)19/h1-2,4-12H,13H2. The quantitative estimate of drug-likeness (QED) is 0.452. The van der Waals surface area contributed by atoms with E-state index in [0.717, 1.165) is 6.42 Å². The smallest absolute Gasteiger partial charge is 0.00132 e. The first-order valence-corrected chi connectivity index (χ1v) is 6.59. The predicted molar refractivity (Wildman–Crippen MR) is 79.0 cm³/mol. The van der Waals surface area contributed by atoms with Gasteiger partial charge in [-0.3, -0.25) is 0 Å². The van der Waals surface area contributed by atoms with E-state index in [1.165, 1.54) is 33.4 Å². The highest BCUT2D eigenvalue weighted by Crippen LogP contribution is 2.38. The van der Waals surface area contributed by atoms with E-state index in [-0.39, 0.29) is 0 Å². The average molecular weight is 241 g/mol. The zero-order chi connectivity index (χ0) is 12.7. The Morgan fingerprint density at radius 2 is 1.63 bits per heavy atom. The minimum absolute atomic E-state index is 1.05. The van der Waals surface area contributed by atoms with Crippen LogP contribution in [0.3, 0.4) is 0 Å². The van der Waals surface area contributed by atoms with Crippen LogP contribution in [0.5, 0.6) is 0 Å². The molecule has 3 aromatic rings. The predicted octanol–water partition coefficient (Wildman–Crippen LogP) is 4.72. The maximum Gasteiger partial charge on any atom is -0.00132 e. The zero-order valence-corrected chi connectivity index (χ0v) is 10.6. The Bertz CT molecular complexity index is 739. The maximum atomic E-state index is 3.14. The summed E-state index contributed by atoms with van der Waals surface area (Å²) in [6.07, 6.45) is 1.05. The Morgan fingerprint density at radius 1 is 0.737 bits per heavy atom. The van der Waals surface area contributed by atoms with Gasteiger partial charge in [0.15, 0.2) is 0 Å². The molecule has 19 heavy (non-hydrogen) atoms. The molecule has 1 radical (unpaired) electrons. The van der Waals surface area contributed by atoms with Crippen LogP contribution in [0.15, 0.2) is 66.7 Å². The molecule has 3 aromatic carbocycles. The first kappa shape index (κ1) is 10.6. The van der Waals surface area contributed by atoms with Crippen LogP contribution in [0.1, 0.15) is 11.1 Å². The number of rotatable bonds is 1. The van der Waals surface area contributed by atoms with Crippen LogP contribution in [0.2, 0.25) is 0 Å². The minimum Gasteiger partial charge on any atom is -0.0619 e. The Hall–Kier alpha value is -2.34. The second-order valence-corrected chi connectivity index (χ2v) is 5.00. The lowest BCUT2D eigenvalue weighted by atomic mass is 9.99. The third-order valence-electron chi connectivity index (χ3n) is 3.83. The number of hydrogen-bond donors (Lipinski definition) is 0. The summed E-state index contributed by atoms with van der Waals surface area (Å²) in [5.74, 6) is 0. The summed E-state index contributed by atoms with van der Waals surface area (Å²) < 4.78 is 0. The van der Waals surface area contributed by atoms with Gasteiger partial charge in [0.05, 0.1) is 0 Å². The summed E-state index contributed by atoms with van der Waals surface area (Å²) in [6.45, 7) is 0. The Morgan fingerprint density at radius 3 is 2.53 bits per heavy atom. The molecule has 0 spiro atoms. The minimum atomic E-state index is 1.05. The van der Waals surface area contributed by atoms with Crippen molar-refractivity contribution in [2.45, 2.75) is 6.42 Å². The van der Waals surface area contributed by atoms with Crippen molar-refractivity contribution in [1.29, 1.82) is 0 Å². The molecule has 0 nitrogen and oxygen atoms in total. The Kier molecular flexibility index (Phi) is 2.28. The summed E-state index contributed by atoms with van der Waals surface area (Å²) >= 11 is 0. The van der Waals surface area contributed by atoms with E-state index in [1.54, 1.807) is 0 Å². The normalized spacial score (nSPS) is 12.0. The van der Waals surface area contributed by atoms with Crippen LogP contribution >= 0.6 is 0 Å². The van der Waals surface area contributed by atoms with Crippen molar-refractivity contribution in [2.75, 3.05) is 0 Å². The molecule has 0 unspecified atom stereocenters. The fourth-order valence-corrected chi connectivity index (χ4v) is 2.90. The van der Waals surface area contributed by atoms with E-state index in [0.29, 0.717) is 0 Å². The lowest BCUT2D eigenvalue weighted by Gasteiger charge is -2.05. The molecule has 89 valence electrons. The molecular weight excluding hydrogens is 228 g/mol. The molecule has 0 atom stereocenters. The molecule has 4 rings (SSSR count). The van der Waals surface area contributed by atoms with Crippen molar-refractivity contribution in [3.63, 3.8) is 0 Å². The second kappa shape index (κ2) is 4.10. The SMILES string of the molecule is [c]1cccc(-c2ccc3c(c2)Cc2ccccc2-3)c1. The lowest BCUT2D eigenvalue weighted by Crippen LogP contribution is -1.83. The van der Waals surface area contributed by atoms with E-state index in [1.807, 2.05) is 18.2 Å². The number of benzene rings is 3. The largest absolute Gasteiger partial charge is 0.0619 e. The van der Waals surface area contributed by atoms with Crippen LogP contribution in [0.4, 0.5) is 0 Å². The third kappa shape index (κ3) is 1.68. The van der Waals surface area contributed by atoms with Crippen LogP contribution in [-0.2, 0) is 6.42 Å². The van der Waals surface area contributed by atoms with Gasteiger partial charge >= 0.3 is 0 Å². The molecule has 0 aliphatic heterocycles. The van der Waals surface area contributed by atoms with Crippen molar-refractivity contribution in [1.82, 2.24) is 0 Å². The van der Waals surface area contributed by atoms with Crippen molar-refractivity contribution in [2.24, 2.45) is 0 Å². The van der Waals surface area contributed by atoms with Crippen molar-refractivity contribution in [3.05, 3.63) is 83.9 Å². The van der Waals surface area contributed by atoms with E-state index in [4.69, 9.17) is 0 Å². The molecule has 0 saturated heterocycles. The van der Waals surface area contributed by atoms with Gasteiger partial charge in [0, 0.05) is 0 Å². The van der Waals surface area contributed by atoms with Gasteiger partial charge in [-0.1, -0.05) is 60.7 Å². The van der Waals surface area contributed by atoms with E-state index < -0.39 is 0 Å². The highest BCUT2D eigenvalue weighted by atomic mass is 14.2. The van der Waals surface area contributed by atoms with E-state index in [2.05, 4.69) is 54.6 Å². The molecule has 1 aliphatic carbocycles. The molecule has 0 heterocycles. The molecular formula is C19H13.